The number of ether oxygens (including phenoxy) is 1. The highest BCUT2D eigenvalue weighted by atomic mass is 16.5. The minimum atomic E-state index is 0.146. The van der Waals surface area contributed by atoms with Crippen molar-refractivity contribution in [1.29, 1.82) is 5.26 Å². The smallest absolute Gasteiger partial charge is 0.324 e. The molecule has 0 fully saturated rings. The van der Waals surface area contributed by atoms with Crippen molar-refractivity contribution >= 4 is 12.4 Å². The summed E-state index contributed by atoms with van der Waals surface area (Å²) in [5, 5.41) is 9.13. The first-order valence-corrected chi connectivity index (χ1v) is 6.60. The molecule has 0 radical (unpaired) electrons. The lowest BCUT2D eigenvalue weighted by atomic mass is 9.64. The van der Waals surface area contributed by atoms with Crippen molar-refractivity contribution in [3.05, 3.63) is 53.1 Å². The van der Waals surface area contributed by atoms with Crippen LogP contribution in [0.25, 0.3) is 0 Å². The minimum absolute atomic E-state index is 0.146. The Morgan fingerprint density at radius 2 is 2.10 bits per heavy atom. The zero-order valence-corrected chi connectivity index (χ0v) is 11.5. The van der Waals surface area contributed by atoms with E-state index >= 15 is 0 Å². The lowest BCUT2D eigenvalue weighted by molar-refractivity contribution is 0.333. The molecule has 4 heteroatoms. The van der Waals surface area contributed by atoms with Crippen molar-refractivity contribution in [3.63, 3.8) is 0 Å². The minimum Gasteiger partial charge on any atom is -0.456 e. The topological polar surface area (TPSA) is 42.2 Å². The van der Waals surface area contributed by atoms with Gasteiger partial charge in [0.05, 0.1) is 12.2 Å². The summed E-state index contributed by atoms with van der Waals surface area (Å²) in [7, 11) is 0. The Labute approximate surface area is 118 Å². The van der Waals surface area contributed by atoms with Gasteiger partial charge in [0, 0.05) is 0 Å². The van der Waals surface area contributed by atoms with Crippen LogP contribution < -0.4 is 10.2 Å². The Bertz CT molecular complexity index is 706. The molecular formula is C16H14BNO2. The summed E-state index contributed by atoms with van der Waals surface area (Å²) in [5.74, 6) is 1.34. The van der Waals surface area contributed by atoms with Gasteiger partial charge >= 0.3 is 6.92 Å². The molecule has 1 aliphatic heterocycles. The number of hydrogen-bond acceptors (Lipinski definition) is 3. The Hall–Kier alpha value is -2.25. The standard InChI is InChI=1S/C16H14BNO2/c1-11-3-4-12(9-18)16(7-11)20-14-5-6-15-13(8-14)10-19-17(15)2/h3-8H,10H2,1-2H3. The monoisotopic (exact) mass is 263 g/mol. The molecule has 1 heterocycles. The second kappa shape index (κ2) is 5.03. The zero-order valence-electron chi connectivity index (χ0n) is 11.5. The average molecular weight is 263 g/mol. The summed E-state index contributed by atoms with van der Waals surface area (Å²) >= 11 is 0. The molecule has 0 bridgehead atoms. The van der Waals surface area contributed by atoms with Gasteiger partial charge in [-0.3, -0.25) is 0 Å². The van der Waals surface area contributed by atoms with E-state index in [0.29, 0.717) is 17.9 Å². The van der Waals surface area contributed by atoms with Crippen LogP contribution in [0.15, 0.2) is 36.4 Å². The van der Waals surface area contributed by atoms with Crippen LogP contribution in [0.1, 0.15) is 16.7 Å². The maximum atomic E-state index is 9.13. The molecule has 0 unspecified atom stereocenters. The third-order valence-electron chi connectivity index (χ3n) is 3.53. The number of nitriles is 1. The molecule has 0 N–H and O–H groups in total. The summed E-state index contributed by atoms with van der Waals surface area (Å²) in [5.41, 5.74) is 3.97. The normalized spacial score (nSPS) is 12.9. The number of hydrogen-bond donors (Lipinski definition) is 0. The van der Waals surface area contributed by atoms with Crippen molar-refractivity contribution in [2.75, 3.05) is 0 Å². The van der Waals surface area contributed by atoms with E-state index in [9.17, 15) is 0 Å². The highest BCUT2D eigenvalue weighted by Gasteiger charge is 2.23. The molecule has 20 heavy (non-hydrogen) atoms. The number of benzene rings is 2. The van der Waals surface area contributed by atoms with Gasteiger partial charge in [-0.05, 0) is 47.8 Å². The van der Waals surface area contributed by atoms with Crippen molar-refractivity contribution in [2.24, 2.45) is 0 Å². The third-order valence-corrected chi connectivity index (χ3v) is 3.53. The van der Waals surface area contributed by atoms with E-state index in [4.69, 9.17) is 14.7 Å². The second-order valence-electron chi connectivity index (χ2n) is 5.03. The van der Waals surface area contributed by atoms with Crippen molar-refractivity contribution in [2.45, 2.75) is 20.4 Å². The first-order chi connectivity index (χ1) is 9.67. The SMILES string of the molecule is CB1OCc2cc(Oc3cc(C)ccc3C#N)ccc21. The van der Waals surface area contributed by atoms with E-state index in [1.807, 2.05) is 44.1 Å². The van der Waals surface area contributed by atoms with E-state index in [1.54, 1.807) is 6.07 Å². The molecule has 0 aromatic heterocycles. The molecule has 98 valence electrons. The van der Waals surface area contributed by atoms with E-state index in [1.165, 1.54) is 5.46 Å². The number of fused-ring (bicyclic) bond motifs is 1. The quantitative estimate of drug-likeness (QED) is 0.782. The van der Waals surface area contributed by atoms with Crippen LogP contribution in [0, 0.1) is 18.3 Å². The summed E-state index contributed by atoms with van der Waals surface area (Å²) < 4.78 is 11.4. The molecule has 2 aromatic rings. The Morgan fingerprint density at radius 1 is 1.25 bits per heavy atom. The van der Waals surface area contributed by atoms with Gasteiger partial charge in [-0.1, -0.05) is 19.0 Å². The molecule has 3 nitrogen and oxygen atoms in total. The molecule has 0 spiro atoms. The molecule has 0 saturated carbocycles. The molecule has 0 atom stereocenters. The van der Waals surface area contributed by atoms with Crippen LogP contribution >= 0.6 is 0 Å². The summed E-state index contributed by atoms with van der Waals surface area (Å²) in [4.78, 5) is 0. The van der Waals surface area contributed by atoms with E-state index < -0.39 is 0 Å². The summed E-state index contributed by atoms with van der Waals surface area (Å²) in [6.45, 7) is 4.78. The predicted molar refractivity (Wildman–Crippen MR) is 78.5 cm³/mol. The van der Waals surface area contributed by atoms with Crippen LogP contribution in [0.4, 0.5) is 0 Å². The Morgan fingerprint density at radius 3 is 2.90 bits per heavy atom. The van der Waals surface area contributed by atoms with Crippen molar-refractivity contribution in [3.8, 4) is 17.6 Å². The lowest BCUT2D eigenvalue weighted by Gasteiger charge is -2.09. The molecule has 2 aromatic carbocycles. The van der Waals surface area contributed by atoms with Crippen LogP contribution in [0.5, 0.6) is 11.5 Å². The van der Waals surface area contributed by atoms with E-state index in [2.05, 4.69) is 6.07 Å². The fraction of sp³-hybridized carbons (Fsp3) is 0.188. The largest absolute Gasteiger partial charge is 0.456 e. The predicted octanol–water partition coefficient (Wildman–Crippen LogP) is 3.02. The van der Waals surface area contributed by atoms with Gasteiger partial charge in [0.25, 0.3) is 0 Å². The molecule has 1 aliphatic rings. The summed E-state index contributed by atoms with van der Waals surface area (Å²) in [6.07, 6.45) is 0. The summed E-state index contributed by atoms with van der Waals surface area (Å²) in [6, 6.07) is 13.7. The van der Waals surface area contributed by atoms with Crippen molar-refractivity contribution < 1.29 is 9.39 Å². The van der Waals surface area contributed by atoms with Crippen LogP contribution in [0.3, 0.4) is 0 Å². The second-order valence-corrected chi connectivity index (χ2v) is 5.03. The van der Waals surface area contributed by atoms with Gasteiger partial charge in [-0.15, -0.1) is 0 Å². The van der Waals surface area contributed by atoms with E-state index in [0.717, 1.165) is 16.9 Å². The van der Waals surface area contributed by atoms with Gasteiger partial charge in [-0.2, -0.15) is 5.26 Å². The van der Waals surface area contributed by atoms with Crippen LogP contribution in [-0.2, 0) is 11.3 Å². The molecule has 3 rings (SSSR count). The highest BCUT2D eigenvalue weighted by molar-refractivity contribution is 6.67. The molecule has 0 aliphatic carbocycles. The fourth-order valence-electron chi connectivity index (χ4n) is 2.41. The average Bonchev–Trinajstić information content (AvgIpc) is 2.80. The Balaban J connectivity index is 1.93. The van der Waals surface area contributed by atoms with Gasteiger partial charge < -0.3 is 9.39 Å². The van der Waals surface area contributed by atoms with Gasteiger partial charge in [0.1, 0.15) is 17.6 Å². The van der Waals surface area contributed by atoms with Gasteiger partial charge in [-0.25, -0.2) is 0 Å². The number of rotatable bonds is 2. The van der Waals surface area contributed by atoms with Gasteiger partial charge in [0.15, 0.2) is 0 Å². The molecule has 0 amide bonds. The number of aryl methyl sites for hydroxylation is 1. The van der Waals surface area contributed by atoms with Gasteiger partial charge in [0.2, 0.25) is 0 Å². The molecule has 0 saturated heterocycles. The molecular weight excluding hydrogens is 249 g/mol. The maximum Gasteiger partial charge on any atom is 0.324 e. The first kappa shape index (κ1) is 12.8. The maximum absolute atomic E-state index is 9.13. The van der Waals surface area contributed by atoms with E-state index in [-0.39, 0.29) is 6.92 Å². The lowest BCUT2D eigenvalue weighted by Crippen LogP contribution is -2.23. The fourth-order valence-corrected chi connectivity index (χ4v) is 2.41. The van der Waals surface area contributed by atoms with Crippen molar-refractivity contribution in [1.82, 2.24) is 0 Å². The zero-order chi connectivity index (χ0) is 14.1. The van der Waals surface area contributed by atoms with Crippen LogP contribution in [0.2, 0.25) is 6.82 Å². The van der Waals surface area contributed by atoms with Crippen LogP contribution in [-0.4, -0.2) is 6.92 Å². The first-order valence-electron chi connectivity index (χ1n) is 6.60. The highest BCUT2D eigenvalue weighted by Crippen LogP contribution is 2.27. The Kier molecular flexibility index (Phi) is 3.21. The third kappa shape index (κ3) is 2.28. The number of nitrogens with zero attached hydrogens (tertiary/aromatic N) is 1.